The van der Waals surface area contributed by atoms with Crippen molar-refractivity contribution >= 4 is 27.6 Å². The van der Waals surface area contributed by atoms with E-state index in [0.29, 0.717) is 37.4 Å². The van der Waals surface area contributed by atoms with Crippen LogP contribution < -0.4 is 5.32 Å². The number of methoxy groups -OCH3 is 1. The maximum absolute atomic E-state index is 13.2. The van der Waals surface area contributed by atoms with Crippen LogP contribution in [0.3, 0.4) is 0 Å². The van der Waals surface area contributed by atoms with Crippen molar-refractivity contribution in [1.29, 1.82) is 0 Å². The van der Waals surface area contributed by atoms with Crippen LogP contribution in [-0.4, -0.2) is 69.3 Å². The average molecular weight is 454 g/mol. The summed E-state index contributed by atoms with van der Waals surface area (Å²) >= 11 is 0. The Morgan fingerprint density at radius 2 is 1.84 bits per heavy atom. The number of aryl methyl sites for hydroxylation is 1. The molecule has 0 saturated carbocycles. The zero-order chi connectivity index (χ0) is 23.0. The van der Waals surface area contributed by atoms with Crippen molar-refractivity contribution in [2.45, 2.75) is 51.3 Å². The summed E-state index contributed by atoms with van der Waals surface area (Å²) in [6, 6.07) is 4.97. The molecule has 1 saturated heterocycles. The molecule has 1 aliphatic rings. The van der Waals surface area contributed by atoms with Crippen molar-refractivity contribution in [3.8, 4) is 0 Å². The van der Waals surface area contributed by atoms with Crippen LogP contribution in [0, 0.1) is 12.8 Å². The zero-order valence-corrected chi connectivity index (χ0v) is 19.8. The predicted molar refractivity (Wildman–Crippen MR) is 120 cm³/mol. The zero-order valence-electron chi connectivity index (χ0n) is 19.0. The molecule has 0 aromatic heterocycles. The monoisotopic (exact) mass is 453 g/mol. The molecule has 1 unspecified atom stereocenters. The summed E-state index contributed by atoms with van der Waals surface area (Å²) in [6.45, 7) is 7.59. The van der Waals surface area contributed by atoms with Crippen molar-refractivity contribution in [3.63, 3.8) is 0 Å². The molecule has 0 aliphatic carbocycles. The minimum atomic E-state index is -3.61. The second-order valence-electron chi connectivity index (χ2n) is 8.10. The van der Waals surface area contributed by atoms with Crippen molar-refractivity contribution < 1.29 is 22.7 Å². The van der Waals surface area contributed by atoms with Crippen molar-refractivity contribution in [2.24, 2.45) is 5.92 Å². The topological polar surface area (TPSA) is 96.0 Å². The molecule has 1 fully saturated rings. The van der Waals surface area contributed by atoms with E-state index in [0.717, 1.165) is 25.7 Å². The Morgan fingerprint density at radius 3 is 2.42 bits per heavy atom. The van der Waals surface area contributed by atoms with Crippen LogP contribution in [0.2, 0.25) is 0 Å². The first-order valence-corrected chi connectivity index (χ1v) is 12.3. The summed E-state index contributed by atoms with van der Waals surface area (Å²) in [4.78, 5) is 26.3. The molecule has 1 atom stereocenters. The average Bonchev–Trinajstić information content (AvgIpc) is 3.04. The highest BCUT2D eigenvalue weighted by molar-refractivity contribution is 7.89. The summed E-state index contributed by atoms with van der Waals surface area (Å²) in [6.07, 6.45) is 3.82. The lowest BCUT2D eigenvalue weighted by Gasteiger charge is -2.23. The number of anilines is 1. The van der Waals surface area contributed by atoms with Crippen molar-refractivity contribution in [3.05, 3.63) is 23.8 Å². The van der Waals surface area contributed by atoms with Crippen LogP contribution in [0.5, 0.6) is 0 Å². The molecule has 1 aliphatic heterocycles. The first-order valence-electron chi connectivity index (χ1n) is 10.9. The van der Waals surface area contributed by atoms with Gasteiger partial charge in [0.25, 0.3) is 0 Å². The molecule has 0 radical (unpaired) electrons. The Morgan fingerprint density at radius 1 is 1.19 bits per heavy atom. The fourth-order valence-electron chi connectivity index (χ4n) is 3.75. The number of hydrogen-bond acceptors (Lipinski definition) is 6. The van der Waals surface area contributed by atoms with E-state index in [1.807, 2.05) is 11.8 Å². The van der Waals surface area contributed by atoms with E-state index in [-0.39, 0.29) is 29.2 Å². The Labute approximate surface area is 186 Å². The standard InChI is InChI=1S/C22H35N3O5S/c1-5-24(15-18(3)22(27)30-4)16-21(26)23-19-11-10-17(2)20(14-19)31(28,29)25-12-8-6-7-9-13-25/h10-11,14,18H,5-9,12-13,15-16H2,1-4H3,(H,23,26). The number of rotatable bonds is 9. The number of hydrogen-bond donors (Lipinski definition) is 1. The van der Waals surface area contributed by atoms with Crippen LogP contribution in [0.25, 0.3) is 0 Å². The molecular formula is C22H35N3O5S. The van der Waals surface area contributed by atoms with E-state index in [2.05, 4.69) is 5.32 Å². The number of likely N-dealkylation sites (N-methyl/N-ethyl adjacent to an activating group) is 1. The molecule has 0 spiro atoms. The summed E-state index contributed by atoms with van der Waals surface area (Å²) in [7, 11) is -2.27. The summed E-state index contributed by atoms with van der Waals surface area (Å²) in [5, 5.41) is 2.80. The first-order chi connectivity index (χ1) is 14.7. The third kappa shape index (κ3) is 7.02. The highest BCUT2D eigenvalue weighted by atomic mass is 32.2. The predicted octanol–water partition coefficient (Wildman–Crippen LogP) is 2.63. The van der Waals surface area contributed by atoms with E-state index in [9.17, 15) is 18.0 Å². The van der Waals surface area contributed by atoms with Gasteiger partial charge in [-0.1, -0.05) is 32.8 Å². The molecule has 0 bridgehead atoms. The maximum atomic E-state index is 13.2. The van der Waals surface area contributed by atoms with Gasteiger partial charge in [-0.05, 0) is 44.0 Å². The fourth-order valence-corrected chi connectivity index (χ4v) is 5.52. The third-order valence-corrected chi connectivity index (χ3v) is 7.65. The largest absolute Gasteiger partial charge is 0.469 e. The number of carbonyl (C=O) groups is 2. The molecule has 1 aromatic carbocycles. The molecule has 31 heavy (non-hydrogen) atoms. The lowest BCUT2D eigenvalue weighted by atomic mass is 10.1. The van der Waals surface area contributed by atoms with E-state index in [1.165, 1.54) is 7.11 Å². The van der Waals surface area contributed by atoms with Gasteiger partial charge >= 0.3 is 5.97 Å². The summed E-state index contributed by atoms with van der Waals surface area (Å²) in [5.41, 5.74) is 1.10. The van der Waals surface area contributed by atoms with Crippen molar-refractivity contribution in [2.75, 3.05) is 45.2 Å². The molecule has 1 N–H and O–H groups in total. The van der Waals surface area contributed by atoms with Crippen LogP contribution in [-0.2, 0) is 24.3 Å². The van der Waals surface area contributed by atoms with Gasteiger partial charge in [0.05, 0.1) is 24.5 Å². The van der Waals surface area contributed by atoms with Crippen LogP contribution in [0.15, 0.2) is 23.1 Å². The molecule has 1 amide bonds. The fraction of sp³-hybridized carbons (Fsp3) is 0.636. The van der Waals surface area contributed by atoms with Gasteiger partial charge in [-0.25, -0.2) is 8.42 Å². The molecule has 1 heterocycles. The lowest BCUT2D eigenvalue weighted by molar-refractivity contribution is -0.145. The normalized spacial score (nSPS) is 16.5. The van der Waals surface area contributed by atoms with Crippen LogP contribution >= 0.6 is 0 Å². The highest BCUT2D eigenvalue weighted by Crippen LogP contribution is 2.25. The number of esters is 1. The number of nitrogens with one attached hydrogen (secondary N) is 1. The van der Waals surface area contributed by atoms with Gasteiger partial charge in [-0.2, -0.15) is 4.31 Å². The number of nitrogens with zero attached hydrogens (tertiary/aromatic N) is 2. The lowest BCUT2D eigenvalue weighted by Crippen LogP contribution is -2.38. The molecular weight excluding hydrogens is 418 g/mol. The van der Waals surface area contributed by atoms with Gasteiger partial charge < -0.3 is 10.1 Å². The van der Waals surface area contributed by atoms with Crippen LogP contribution in [0.4, 0.5) is 5.69 Å². The number of sulfonamides is 1. The van der Waals surface area contributed by atoms with Gasteiger partial charge in [0.1, 0.15) is 0 Å². The van der Waals surface area contributed by atoms with Gasteiger partial charge in [-0.15, -0.1) is 0 Å². The van der Waals surface area contributed by atoms with Crippen LogP contribution in [0.1, 0.15) is 45.1 Å². The summed E-state index contributed by atoms with van der Waals surface area (Å²) in [5.74, 6) is -0.927. The number of benzene rings is 1. The number of carbonyl (C=O) groups excluding carboxylic acids is 2. The van der Waals surface area contributed by atoms with Gasteiger partial charge in [0.2, 0.25) is 15.9 Å². The Kier molecular flexibility index (Phi) is 9.46. The third-order valence-electron chi connectivity index (χ3n) is 5.60. The quantitative estimate of drug-likeness (QED) is 0.578. The minimum absolute atomic E-state index is 0.0971. The highest BCUT2D eigenvalue weighted by Gasteiger charge is 2.27. The maximum Gasteiger partial charge on any atom is 0.309 e. The van der Waals surface area contributed by atoms with E-state index < -0.39 is 10.0 Å². The SMILES string of the molecule is CCN(CC(=O)Nc1ccc(C)c(S(=O)(=O)N2CCCCCC2)c1)CC(C)C(=O)OC. The van der Waals surface area contributed by atoms with E-state index >= 15 is 0 Å². The molecule has 174 valence electrons. The molecule has 2 rings (SSSR count). The van der Waals surface area contributed by atoms with Gasteiger partial charge in [-0.3, -0.25) is 14.5 Å². The number of amides is 1. The smallest absolute Gasteiger partial charge is 0.309 e. The second-order valence-corrected chi connectivity index (χ2v) is 10.0. The molecule has 8 nitrogen and oxygen atoms in total. The second kappa shape index (κ2) is 11.6. The van der Waals surface area contributed by atoms with E-state index in [1.54, 1.807) is 36.4 Å². The molecule has 9 heteroatoms. The van der Waals surface area contributed by atoms with E-state index in [4.69, 9.17) is 4.74 Å². The van der Waals surface area contributed by atoms with Gasteiger partial charge in [0.15, 0.2) is 0 Å². The van der Waals surface area contributed by atoms with Crippen molar-refractivity contribution in [1.82, 2.24) is 9.21 Å². The minimum Gasteiger partial charge on any atom is -0.469 e. The van der Waals surface area contributed by atoms with Gasteiger partial charge in [0, 0.05) is 25.3 Å². The molecule has 1 aromatic rings. The number of ether oxygens (including phenoxy) is 1. The Balaban J connectivity index is 2.10. The Bertz CT molecular complexity index is 864. The Hall–Kier alpha value is -1.97. The summed E-state index contributed by atoms with van der Waals surface area (Å²) < 4.78 is 32.7. The first kappa shape index (κ1) is 25.3.